The van der Waals surface area contributed by atoms with Gasteiger partial charge in [-0.05, 0) is 26.7 Å². The molecular weight excluding hydrogens is 392 g/mol. The molecule has 8 nitrogen and oxygen atoms in total. The van der Waals surface area contributed by atoms with E-state index in [-0.39, 0.29) is 12.4 Å². The number of ether oxygens (including phenoxy) is 7. The summed E-state index contributed by atoms with van der Waals surface area (Å²) in [5, 5.41) is 0. The Morgan fingerprint density at radius 3 is 1.40 bits per heavy atom. The van der Waals surface area contributed by atoms with Crippen LogP contribution in [0.2, 0.25) is 0 Å². The van der Waals surface area contributed by atoms with Crippen LogP contribution in [0.3, 0.4) is 0 Å². The number of esters is 1. The van der Waals surface area contributed by atoms with Gasteiger partial charge < -0.3 is 33.2 Å². The Morgan fingerprint density at radius 2 is 1.03 bits per heavy atom. The molecule has 0 rings (SSSR count). The molecule has 0 bridgehead atoms. The van der Waals surface area contributed by atoms with Crippen LogP contribution < -0.4 is 0 Å². The first-order valence-electron chi connectivity index (χ1n) is 11.0. The van der Waals surface area contributed by atoms with Gasteiger partial charge in [-0.15, -0.1) is 0 Å². The second kappa shape index (κ2) is 20.2. The molecule has 0 aromatic heterocycles. The van der Waals surface area contributed by atoms with Crippen LogP contribution in [-0.4, -0.2) is 90.9 Å². The van der Waals surface area contributed by atoms with Gasteiger partial charge in [0.1, 0.15) is 5.60 Å². The van der Waals surface area contributed by atoms with Crippen molar-refractivity contribution in [1.82, 2.24) is 0 Å². The molecule has 0 amide bonds. The van der Waals surface area contributed by atoms with Gasteiger partial charge in [-0.2, -0.15) is 0 Å². The van der Waals surface area contributed by atoms with Crippen molar-refractivity contribution in [1.29, 1.82) is 0 Å². The number of carbonyl (C=O) groups is 1. The summed E-state index contributed by atoms with van der Waals surface area (Å²) in [7, 11) is 0. The van der Waals surface area contributed by atoms with E-state index in [0.717, 1.165) is 13.0 Å². The summed E-state index contributed by atoms with van der Waals surface area (Å²) >= 11 is 0. The van der Waals surface area contributed by atoms with E-state index in [9.17, 15) is 4.79 Å². The lowest BCUT2D eigenvalue weighted by molar-refractivity contribution is -0.156. The van der Waals surface area contributed by atoms with Gasteiger partial charge in [0.2, 0.25) is 0 Å². The van der Waals surface area contributed by atoms with Crippen LogP contribution in [0.15, 0.2) is 0 Å². The average molecular weight is 437 g/mol. The van der Waals surface area contributed by atoms with Crippen molar-refractivity contribution in [3.05, 3.63) is 0 Å². The molecule has 0 aromatic carbocycles. The fourth-order valence-electron chi connectivity index (χ4n) is 2.05. The monoisotopic (exact) mass is 436 g/mol. The van der Waals surface area contributed by atoms with E-state index in [2.05, 4.69) is 13.8 Å². The zero-order chi connectivity index (χ0) is 22.5. The molecule has 0 saturated heterocycles. The Labute approximate surface area is 182 Å². The molecule has 8 heteroatoms. The van der Waals surface area contributed by atoms with Gasteiger partial charge in [-0.25, -0.2) is 0 Å². The molecule has 30 heavy (non-hydrogen) atoms. The molecule has 0 spiro atoms. The van der Waals surface area contributed by atoms with Crippen LogP contribution >= 0.6 is 0 Å². The average Bonchev–Trinajstić information content (AvgIpc) is 2.68. The molecule has 0 N–H and O–H groups in total. The van der Waals surface area contributed by atoms with Crippen molar-refractivity contribution in [2.24, 2.45) is 5.92 Å². The molecule has 0 aromatic rings. The van der Waals surface area contributed by atoms with Crippen LogP contribution in [0, 0.1) is 5.92 Å². The second-order valence-electron chi connectivity index (χ2n) is 7.99. The van der Waals surface area contributed by atoms with Gasteiger partial charge in [-0.3, -0.25) is 4.79 Å². The first kappa shape index (κ1) is 29.2. The smallest absolute Gasteiger partial charge is 0.308 e. The summed E-state index contributed by atoms with van der Waals surface area (Å²) in [6, 6.07) is 0. The summed E-state index contributed by atoms with van der Waals surface area (Å²) < 4.78 is 37.7. The van der Waals surface area contributed by atoms with Crippen LogP contribution in [0.5, 0.6) is 0 Å². The Hall–Kier alpha value is -0.770. The first-order chi connectivity index (χ1) is 14.3. The molecule has 0 aliphatic heterocycles. The molecule has 1 atom stereocenters. The van der Waals surface area contributed by atoms with Gasteiger partial charge in [-0.1, -0.05) is 20.3 Å². The molecule has 180 valence electrons. The van der Waals surface area contributed by atoms with E-state index in [1.165, 1.54) is 0 Å². The van der Waals surface area contributed by atoms with Crippen LogP contribution in [0.25, 0.3) is 0 Å². The Morgan fingerprint density at radius 1 is 0.667 bits per heavy atom. The zero-order valence-corrected chi connectivity index (χ0v) is 19.7. The standard InChI is InChI=1S/C22H44O8/c1-6-20(2)19-29-18-17-28-16-15-27-14-13-26-12-11-25-10-9-24-8-7-21(23)30-22(3,4)5/h20H,6-19H2,1-5H3. The van der Waals surface area contributed by atoms with Crippen molar-refractivity contribution in [3.63, 3.8) is 0 Å². The van der Waals surface area contributed by atoms with Crippen LogP contribution in [0.4, 0.5) is 0 Å². The normalized spacial score (nSPS) is 12.8. The maximum absolute atomic E-state index is 11.5. The van der Waals surface area contributed by atoms with E-state index in [1.54, 1.807) is 0 Å². The maximum atomic E-state index is 11.5. The van der Waals surface area contributed by atoms with Gasteiger partial charge in [0, 0.05) is 6.61 Å². The summed E-state index contributed by atoms with van der Waals surface area (Å²) in [4.78, 5) is 11.5. The van der Waals surface area contributed by atoms with Crippen molar-refractivity contribution in [2.45, 2.75) is 53.1 Å². The highest BCUT2D eigenvalue weighted by Crippen LogP contribution is 2.08. The van der Waals surface area contributed by atoms with Gasteiger partial charge in [0.05, 0.1) is 79.1 Å². The van der Waals surface area contributed by atoms with E-state index < -0.39 is 5.60 Å². The second-order valence-corrected chi connectivity index (χ2v) is 7.99. The largest absolute Gasteiger partial charge is 0.460 e. The van der Waals surface area contributed by atoms with Crippen molar-refractivity contribution < 1.29 is 38.0 Å². The summed E-state index contributed by atoms with van der Waals surface area (Å²) in [6.07, 6.45) is 1.38. The summed E-state index contributed by atoms with van der Waals surface area (Å²) in [5.74, 6) is 0.347. The Kier molecular flexibility index (Phi) is 19.6. The molecule has 0 radical (unpaired) electrons. The van der Waals surface area contributed by atoms with Crippen molar-refractivity contribution in [2.75, 3.05) is 79.3 Å². The molecule has 0 saturated carbocycles. The lowest BCUT2D eigenvalue weighted by Crippen LogP contribution is -2.24. The Bertz CT molecular complexity index is 384. The molecule has 0 aliphatic carbocycles. The third-order valence-corrected chi connectivity index (χ3v) is 3.83. The Balaban J connectivity index is 3.14. The molecule has 1 unspecified atom stereocenters. The molecule has 0 aliphatic rings. The minimum Gasteiger partial charge on any atom is -0.460 e. The zero-order valence-electron chi connectivity index (χ0n) is 19.7. The lowest BCUT2D eigenvalue weighted by Gasteiger charge is -2.19. The third-order valence-electron chi connectivity index (χ3n) is 3.83. The number of hydrogen-bond donors (Lipinski definition) is 0. The van der Waals surface area contributed by atoms with Crippen LogP contribution in [-0.2, 0) is 38.0 Å². The molecule has 0 fully saturated rings. The summed E-state index contributed by atoms with van der Waals surface area (Å²) in [5.41, 5.74) is -0.457. The number of rotatable bonds is 21. The van der Waals surface area contributed by atoms with Crippen molar-refractivity contribution >= 4 is 5.97 Å². The highest BCUT2D eigenvalue weighted by Gasteiger charge is 2.15. The predicted molar refractivity (Wildman–Crippen MR) is 115 cm³/mol. The molecule has 0 heterocycles. The molecular formula is C22H44O8. The predicted octanol–water partition coefficient (Wildman–Crippen LogP) is 2.86. The van der Waals surface area contributed by atoms with Crippen LogP contribution in [0.1, 0.15) is 47.5 Å². The minimum atomic E-state index is -0.457. The highest BCUT2D eigenvalue weighted by atomic mass is 16.6. The minimum absolute atomic E-state index is 0.247. The van der Waals surface area contributed by atoms with E-state index in [1.807, 2.05) is 20.8 Å². The van der Waals surface area contributed by atoms with E-state index in [4.69, 9.17) is 33.2 Å². The quantitative estimate of drug-likeness (QED) is 0.201. The van der Waals surface area contributed by atoms with Gasteiger partial charge >= 0.3 is 5.97 Å². The van der Waals surface area contributed by atoms with Gasteiger partial charge in [0.15, 0.2) is 0 Å². The van der Waals surface area contributed by atoms with Crippen molar-refractivity contribution in [3.8, 4) is 0 Å². The van der Waals surface area contributed by atoms with Gasteiger partial charge in [0.25, 0.3) is 0 Å². The first-order valence-corrected chi connectivity index (χ1v) is 11.0. The highest BCUT2D eigenvalue weighted by molar-refractivity contribution is 5.69. The fourth-order valence-corrected chi connectivity index (χ4v) is 2.05. The lowest BCUT2D eigenvalue weighted by atomic mass is 10.1. The SMILES string of the molecule is CCC(C)COCCOCCOCCOCCOCCOCCC(=O)OC(C)(C)C. The van der Waals surface area contributed by atoms with E-state index in [0.29, 0.717) is 78.6 Å². The maximum Gasteiger partial charge on any atom is 0.308 e. The number of carbonyl (C=O) groups excluding carboxylic acids is 1. The van der Waals surface area contributed by atoms with E-state index >= 15 is 0 Å². The topological polar surface area (TPSA) is 81.7 Å². The number of hydrogen-bond acceptors (Lipinski definition) is 8. The summed E-state index contributed by atoms with van der Waals surface area (Å²) in [6.45, 7) is 16.3. The fraction of sp³-hybridized carbons (Fsp3) is 0.955. The third kappa shape index (κ3) is 23.5.